The topological polar surface area (TPSA) is 42.4 Å². The number of carbonyl (C=O) groups excluding carboxylic acids is 1. The van der Waals surface area contributed by atoms with E-state index in [0.29, 0.717) is 17.7 Å². The monoisotopic (exact) mass is 436 g/mol. The van der Waals surface area contributed by atoms with E-state index >= 15 is 0 Å². The van der Waals surface area contributed by atoms with Crippen LogP contribution in [0.25, 0.3) is 11.1 Å². The predicted octanol–water partition coefficient (Wildman–Crippen LogP) is 5.50. The number of benzene rings is 2. The number of nitrogens with zero attached hydrogens (tertiary/aromatic N) is 2. The Hall–Kier alpha value is -3.12. The van der Waals surface area contributed by atoms with Crippen LogP contribution in [0.4, 0.5) is 8.78 Å². The van der Waals surface area contributed by atoms with Crippen LogP contribution in [0.15, 0.2) is 54.6 Å². The Bertz CT molecular complexity index is 1150. The second kappa shape index (κ2) is 8.79. The summed E-state index contributed by atoms with van der Waals surface area (Å²) in [5, 5.41) is 0. The number of fused-ring (bicyclic) bond motifs is 1. The number of esters is 1. The van der Waals surface area contributed by atoms with Crippen LogP contribution in [0.1, 0.15) is 48.1 Å². The molecule has 0 radical (unpaired) electrons. The second-order valence-electron chi connectivity index (χ2n) is 8.44. The fraction of sp³-hybridized carbons (Fsp3) is 0.308. The molecular formula is C26H26F2N2O2. The molecule has 1 aliphatic heterocycles. The van der Waals surface area contributed by atoms with Crippen LogP contribution in [0.3, 0.4) is 0 Å². The largest absolute Gasteiger partial charge is 0.461 e. The van der Waals surface area contributed by atoms with E-state index in [0.717, 1.165) is 24.7 Å². The maximum atomic E-state index is 14.8. The molecule has 0 aliphatic carbocycles. The molecule has 0 N–H and O–H groups in total. The molecule has 0 bridgehead atoms. The molecule has 0 spiro atoms. The summed E-state index contributed by atoms with van der Waals surface area (Å²) in [6, 6.07) is 15.2. The number of hydrogen-bond donors (Lipinski definition) is 0. The van der Waals surface area contributed by atoms with Crippen molar-refractivity contribution < 1.29 is 18.3 Å². The summed E-state index contributed by atoms with van der Waals surface area (Å²) >= 11 is 0. The lowest BCUT2D eigenvalue weighted by molar-refractivity contribution is 0.0515. The first-order valence-corrected chi connectivity index (χ1v) is 10.8. The maximum absolute atomic E-state index is 14.8. The predicted molar refractivity (Wildman–Crippen MR) is 119 cm³/mol. The zero-order valence-corrected chi connectivity index (χ0v) is 18.5. The van der Waals surface area contributed by atoms with Crippen LogP contribution in [0.2, 0.25) is 0 Å². The molecule has 4 nitrogen and oxygen atoms in total. The standard InChI is InChI=1S/C26H26F2N2O2/c1-4-32-25(31)23-15-21(19-11-10-18(27)14-22(19)28)20-12-13-30(26(2,3)24(20)29-23)16-17-8-6-5-7-9-17/h5-11,14-15H,4,12-13,16H2,1-3H3. The van der Waals surface area contributed by atoms with Gasteiger partial charge in [-0.25, -0.2) is 18.6 Å². The molecule has 4 rings (SSSR count). The van der Waals surface area contributed by atoms with Gasteiger partial charge in [0.05, 0.1) is 17.8 Å². The molecule has 0 fully saturated rings. The van der Waals surface area contributed by atoms with E-state index in [1.54, 1.807) is 13.0 Å². The lowest BCUT2D eigenvalue weighted by Crippen LogP contribution is -2.47. The number of pyridine rings is 1. The van der Waals surface area contributed by atoms with Crippen LogP contribution < -0.4 is 0 Å². The van der Waals surface area contributed by atoms with Crippen molar-refractivity contribution in [2.45, 2.75) is 39.3 Å². The number of carbonyl (C=O) groups is 1. The van der Waals surface area contributed by atoms with Crippen LogP contribution in [-0.4, -0.2) is 29.0 Å². The Morgan fingerprint density at radius 3 is 2.53 bits per heavy atom. The number of rotatable bonds is 5. The maximum Gasteiger partial charge on any atom is 0.356 e. The van der Waals surface area contributed by atoms with E-state index in [9.17, 15) is 13.6 Å². The molecule has 0 saturated carbocycles. The number of halogens is 2. The zero-order valence-electron chi connectivity index (χ0n) is 18.5. The zero-order chi connectivity index (χ0) is 22.9. The summed E-state index contributed by atoms with van der Waals surface area (Å²) in [6.07, 6.45) is 0.633. The minimum absolute atomic E-state index is 0.124. The minimum Gasteiger partial charge on any atom is -0.461 e. The Labute approximate surface area is 186 Å². The lowest BCUT2D eigenvalue weighted by atomic mass is 9.83. The van der Waals surface area contributed by atoms with Crippen molar-refractivity contribution in [2.24, 2.45) is 0 Å². The highest BCUT2D eigenvalue weighted by Crippen LogP contribution is 2.40. The van der Waals surface area contributed by atoms with Gasteiger partial charge >= 0.3 is 5.97 Å². The molecule has 166 valence electrons. The van der Waals surface area contributed by atoms with Crippen LogP contribution >= 0.6 is 0 Å². The first-order chi connectivity index (χ1) is 15.3. The van der Waals surface area contributed by atoms with Crippen LogP contribution in [0.5, 0.6) is 0 Å². The molecule has 0 saturated heterocycles. The summed E-state index contributed by atoms with van der Waals surface area (Å²) in [7, 11) is 0. The number of ether oxygens (including phenoxy) is 1. The van der Waals surface area contributed by atoms with E-state index in [4.69, 9.17) is 9.72 Å². The third-order valence-corrected chi connectivity index (χ3v) is 6.05. The fourth-order valence-electron chi connectivity index (χ4n) is 4.35. The molecule has 2 heterocycles. The average molecular weight is 437 g/mol. The number of aromatic nitrogens is 1. The molecule has 2 aromatic carbocycles. The van der Waals surface area contributed by atoms with Gasteiger partial charge in [0.25, 0.3) is 0 Å². The molecule has 3 aromatic rings. The van der Waals surface area contributed by atoms with Crippen molar-refractivity contribution in [3.63, 3.8) is 0 Å². The van der Waals surface area contributed by atoms with Gasteiger partial charge in [0.15, 0.2) is 0 Å². The highest BCUT2D eigenvalue weighted by Gasteiger charge is 2.38. The Kier molecular flexibility index (Phi) is 6.07. The summed E-state index contributed by atoms with van der Waals surface area (Å²) < 4.78 is 33.5. The third-order valence-electron chi connectivity index (χ3n) is 6.05. The third kappa shape index (κ3) is 4.15. The second-order valence-corrected chi connectivity index (χ2v) is 8.44. The van der Waals surface area contributed by atoms with E-state index < -0.39 is 23.1 Å². The molecule has 1 aliphatic rings. The van der Waals surface area contributed by atoms with Gasteiger partial charge in [0.1, 0.15) is 17.3 Å². The van der Waals surface area contributed by atoms with E-state index in [1.807, 2.05) is 18.2 Å². The molecule has 0 amide bonds. The Morgan fingerprint density at radius 2 is 1.84 bits per heavy atom. The minimum atomic E-state index is -0.669. The quantitative estimate of drug-likeness (QED) is 0.496. The first-order valence-electron chi connectivity index (χ1n) is 10.8. The van der Waals surface area contributed by atoms with Crippen molar-refractivity contribution in [1.29, 1.82) is 0 Å². The van der Waals surface area contributed by atoms with Gasteiger partial charge in [0.2, 0.25) is 0 Å². The Morgan fingerprint density at radius 1 is 1.09 bits per heavy atom. The summed E-state index contributed by atoms with van der Waals surface area (Å²) in [4.78, 5) is 19.6. The highest BCUT2D eigenvalue weighted by atomic mass is 19.1. The van der Waals surface area contributed by atoms with Crippen molar-refractivity contribution in [2.75, 3.05) is 13.2 Å². The summed E-state index contributed by atoms with van der Waals surface area (Å²) in [6.45, 7) is 7.51. The molecule has 6 heteroatoms. The fourth-order valence-corrected chi connectivity index (χ4v) is 4.35. The van der Waals surface area contributed by atoms with Crippen molar-refractivity contribution in [3.05, 3.63) is 88.7 Å². The van der Waals surface area contributed by atoms with E-state index in [-0.39, 0.29) is 17.9 Å². The van der Waals surface area contributed by atoms with Gasteiger partial charge in [-0.3, -0.25) is 4.90 Å². The average Bonchev–Trinajstić information content (AvgIpc) is 2.76. The van der Waals surface area contributed by atoms with Gasteiger partial charge in [-0.1, -0.05) is 30.3 Å². The highest BCUT2D eigenvalue weighted by molar-refractivity contribution is 5.89. The van der Waals surface area contributed by atoms with E-state index in [2.05, 4.69) is 30.9 Å². The molecule has 1 aromatic heterocycles. The molecular weight excluding hydrogens is 410 g/mol. The molecule has 32 heavy (non-hydrogen) atoms. The van der Waals surface area contributed by atoms with Gasteiger partial charge in [-0.05, 0) is 62.1 Å². The van der Waals surface area contributed by atoms with Gasteiger partial charge in [-0.15, -0.1) is 0 Å². The van der Waals surface area contributed by atoms with Gasteiger partial charge in [0, 0.05) is 24.7 Å². The first kappa shape index (κ1) is 22.1. The smallest absolute Gasteiger partial charge is 0.356 e. The molecule has 0 unspecified atom stereocenters. The van der Waals surface area contributed by atoms with Crippen molar-refractivity contribution in [1.82, 2.24) is 9.88 Å². The molecule has 0 atom stereocenters. The van der Waals surface area contributed by atoms with Crippen LogP contribution in [-0.2, 0) is 23.2 Å². The van der Waals surface area contributed by atoms with E-state index in [1.165, 1.54) is 17.7 Å². The van der Waals surface area contributed by atoms with Crippen LogP contribution in [0, 0.1) is 11.6 Å². The summed E-state index contributed by atoms with van der Waals surface area (Å²) in [5.74, 6) is -1.87. The van der Waals surface area contributed by atoms with Gasteiger partial charge < -0.3 is 4.74 Å². The van der Waals surface area contributed by atoms with Crippen molar-refractivity contribution in [3.8, 4) is 11.1 Å². The summed E-state index contributed by atoms with van der Waals surface area (Å²) in [5.41, 5.74) is 3.18. The Balaban J connectivity index is 1.85. The van der Waals surface area contributed by atoms with Crippen molar-refractivity contribution >= 4 is 5.97 Å². The van der Waals surface area contributed by atoms with Gasteiger partial charge in [-0.2, -0.15) is 0 Å². The lowest BCUT2D eigenvalue weighted by Gasteiger charge is -2.43. The SMILES string of the molecule is CCOC(=O)c1cc(-c2ccc(F)cc2F)c2c(n1)C(C)(C)N(Cc1ccccc1)CC2. The normalized spacial score (nSPS) is 15.3. The number of hydrogen-bond acceptors (Lipinski definition) is 4.